The van der Waals surface area contributed by atoms with Gasteiger partial charge in [0.05, 0.1) is 0 Å². The minimum atomic E-state index is 0.00289. The number of likely N-dealkylation sites (tertiary alicyclic amines) is 1. The second-order valence-corrected chi connectivity index (χ2v) is 6.00. The van der Waals surface area contributed by atoms with Gasteiger partial charge in [-0.3, -0.25) is 9.59 Å². The Balaban J connectivity index is 1.85. The highest BCUT2D eigenvalue weighted by atomic mass is 79.9. The molecule has 6 heteroatoms. The van der Waals surface area contributed by atoms with Crippen LogP contribution in [0.4, 0.5) is 0 Å². The summed E-state index contributed by atoms with van der Waals surface area (Å²) in [6, 6.07) is 1.78. The van der Waals surface area contributed by atoms with Crippen LogP contribution in [0.25, 0.3) is 0 Å². The molecule has 0 radical (unpaired) electrons. The molecule has 1 aliphatic heterocycles. The number of nitrogens with one attached hydrogen (secondary N) is 2. The van der Waals surface area contributed by atoms with Gasteiger partial charge in [0.1, 0.15) is 5.69 Å². The number of hydrogen-bond acceptors (Lipinski definition) is 2. The van der Waals surface area contributed by atoms with Crippen molar-refractivity contribution in [2.45, 2.75) is 26.2 Å². The molecule has 0 spiro atoms. The van der Waals surface area contributed by atoms with Gasteiger partial charge >= 0.3 is 0 Å². The van der Waals surface area contributed by atoms with Crippen molar-refractivity contribution < 1.29 is 9.59 Å². The second-order valence-electron chi connectivity index (χ2n) is 5.09. The fourth-order valence-electron chi connectivity index (χ4n) is 2.40. The molecular formula is C14H20BrN3O2. The number of piperidine rings is 1. The van der Waals surface area contributed by atoms with E-state index in [0.717, 1.165) is 30.3 Å². The molecule has 0 atom stereocenters. The summed E-state index contributed by atoms with van der Waals surface area (Å²) >= 11 is 3.32. The second kappa shape index (κ2) is 6.92. The van der Waals surface area contributed by atoms with Crippen molar-refractivity contribution in [1.82, 2.24) is 15.2 Å². The summed E-state index contributed by atoms with van der Waals surface area (Å²) in [5, 5.41) is 2.93. The topological polar surface area (TPSA) is 65.2 Å². The molecule has 110 valence electrons. The molecule has 1 aromatic heterocycles. The quantitative estimate of drug-likeness (QED) is 0.881. The zero-order valence-corrected chi connectivity index (χ0v) is 13.2. The Morgan fingerprint density at radius 2 is 2.15 bits per heavy atom. The van der Waals surface area contributed by atoms with Crippen molar-refractivity contribution in [2.24, 2.45) is 5.92 Å². The van der Waals surface area contributed by atoms with E-state index in [9.17, 15) is 9.59 Å². The zero-order chi connectivity index (χ0) is 14.5. The Kier molecular flexibility index (Phi) is 5.23. The van der Waals surface area contributed by atoms with E-state index in [-0.39, 0.29) is 17.7 Å². The fourth-order valence-corrected chi connectivity index (χ4v) is 2.74. The van der Waals surface area contributed by atoms with E-state index in [2.05, 4.69) is 26.2 Å². The van der Waals surface area contributed by atoms with Crippen molar-refractivity contribution in [3.8, 4) is 0 Å². The Hall–Kier alpha value is -1.30. The number of H-pyrrole nitrogens is 1. The molecule has 0 unspecified atom stereocenters. The van der Waals surface area contributed by atoms with Gasteiger partial charge in [0.25, 0.3) is 5.91 Å². The van der Waals surface area contributed by atoms with Gasteiger partial charge in [0, 0.05) is 36.2 Å². The van der Waals surface area contributed by atoms with Crippen LogP contribution in [0, 0.1) is 5.92 Å². The van der Waals surface area contributed by atoms with Gasteiger partial charge in [-0.15, -0.1) is 0 Å². The van der Waals surface area contributed by atoms with Gasteiger partial charge in [0.15, 0.2) is 0 Å². The molecule has 1 aromatic rings. The third-order valence-corrected chi connectivity index (χ3v) is 4.04. The van der Waals surface area contributed by atoms with Crippen LogP contribution in [0.3, 0.4) is 0 Å². The predicted molar refractivity (Wildman–Crippen MR) is 80.4 cm³/mol. The number of amides is 2. The van der Waals surface area contributed by atoms with Crippen molar-refractivity contribution >= 4 is 27.7 Å². The predicted octanol–water partition coefficient (Wildman–Crippen LogP) is 2.16. The SMILES string of the molecule is CCCNC(=O)C1CCN(C(=O)c2cc(Br)c[nH]2)CC1. The Labute approximate surface area is 127 Å². The lowest BCUT2D eigenvalue weighted by Crippen LogP contribution is -2.43. The Bertz CT molecular complexity index is 479. The molecule has 2 amide bonds. The number of nitrogens with zero attached hydrogens (tertiary/aromatic N) is 1. The number of aromatic nitrogens is 1. The molecule has 0 bridgehead atoms. The van der Waals surface area contributed by atoms with Crippen LogP contribution in [-0.2, 0) is 4.79 Å². The monoisotopic (exact) mass is 341 g/mol. The molecule has 2 heterocycles. The summed E-state index contributed by atoms with van der Waals surface area (Å²) in [6.07, 6.45) is 4.18. The number of hydrogen-bond donors (Lipinski definition) is 2. The van der Waals surface area contributed by atoms with Crippen LogP contribution in [0.2, 0.25) is 0 Å². The van der Waals surface area contributed by atoms with Crippen LogP contribution in [0.5, 0.6) is 0 Å². The lowest BCUT2D eigenvalue weighted by atomic mass is 9.95. The van der Waals surface area contributed by atoms with Gasteiger partial charge < -0.3 is 15.2 Å². The third kappa shape index (κ3) is 3.62. The zero-order valence-electron chi connectivity index (χ0n) is 11.6. The van der Waals surface area contributed by atoms with E-state index in [4.69, 9.17) is 0 Å². The van der Waals surface area contributed by atoms with E-state index in [0.29, 0.717) is 18.8 Å². The molecule has 0 saturated carbocycles. The number of rotatable bonds is 4. The highest BCUT2D eigenvalue weighted by molar-refractivity contribution is 9.10. The first-order valence-electron chi connectivity index (χ1n) is 7.02. The van der Waals surface area contributed by atoms with E-state index in [1.165, 1.54) is 0 Å². The smallest absolute Gasteiger partial charge is 0.270 e. The van der Waals surface area contributed by atoms with Gasteiger partial charge in [-0.2, -0.15) is 0 Å². The highest BCUT2D eigenvalue weighted by Gasteiger charge is 2.27. The van der Waals surface area contributed by atoms with Crippen LogP contribution < -0.4 is 5.32 Å². The molecule has 20 heavy (non-hydrogen) atoms. The van der Waals surface area contributed by atoms with Gasteiger partial charge in [-0.25, -0.2) is 0 Å². The Morgan fingerprint density at radius 3 is 2.70 bits per heavy atom. The van der Waals surface area contributed by atoms with Crippen LogP contribution >= 0.6 is 15.9 Å². The molecule has 5 nitrogen and oxygen atoms in total. The summed E-state index contributed by atoms with van der Waals surface area (Å²) in [4.78, 5) is 28.9. The minimum absolute atomic E-state index is 0.00289. The lowest BCUT2D eigenvalue weighted by Gasteiger charge is -2.31. The average Bonchev–Trinajstić information content (AvgIpc) is 2.90. The van der Waals surface area contributed by atoms with Crippen LogP contribution in [0.15, 0.2) is 16.7 Å². The first-order chi connectivity index (χ1) is 9.61. The molecule has 1 aliphatic rings. The summed E-state index contributed by atoms with van der Waals surface area (Å²) in [5.41, 5.74) is 0.589. The standard InChI is InChI=1S/C14H20BrN3O2/c1-2-5-16-13(19)10-3-6-18(7-4-10)14(20)12-8-11(15)9-17-12/h8-10,17H,2-7H2,1H3,(H,16,19). The van der Waals surface area contributed by atoms with E-state index < -0.39 is 0 Å². The maximum absolute atomic E-state index is 12.2. The van der Waals surface area contributed by atoms with Gasteiger partial charge in [-0.1, -0.05) is 6.92 Å². The molecule has 1 fully saturated rings. The summed E-state index contributed by atoms with van der Waals surface area (Å²) in [6.45, 7) is 4.05. The maximum atomic E-state index is 12.2. The van der Waals surface area contributed by atoms with Crippen LogP contribution in [0.1, 0.15) is 36.7 Å². The van der Waals surface area contributed by atoms with Crippen molar-refractivity contribution in [3.05, 3.63) is 22.4 Å². The molecule has 1 saturated heterocycles. The maximum Gasteiger partial charge on any atom is 0.270 e. The highest BCUT2D eigenvalue weighted by Crippen LogP contribution is 2.20. The summed E-state index contributed by atoms with van der Waals surface area (Å²) in [7, 11) is 0. The van der Waals surface area contributed by atoms with E-state index in [1.54, 1.807) is 12.3 Å². The average molecular weight is 342 g/mol. The molecule has 0 aliphatic carbocycles. The van der Waals surface area contributed by atoms with E-state index >= 15 is 0 Å². The van der Waals surface area contributed by atoms with E-state index in [1.807, 2.05) is 11.8 Å². The number of carbonyl (C=O) groups is 2. The lowest BCUT2D eigenvalue weighted by molar-refractivity contribution is -0.126. The minimum Gasteiger partial charge on any atom is -0.356 e. The third-order valence-electron chi connectivity index (χ3n) is 3.58. The Morgan fingerprint density at radius 1 is 1.45 bits per heavy atom. The van der Waals surface area contributed by atoms with Crippen molar-refractivity contribution in [2.75, 3.05) is 19.6 Å². The first-order valence-corrected chi connectivity index (χ1v) is 7.82. The molecule has 2 rings (SSSR count). The fraction of sp³-hybridized carbons (Fsp3) is 0.571. The first kappa shape index (κ1) is 15.1. The number of aromatic amines is 1. The number of carbonyl (C=O) groups excluding carboxylic acids is 2. The molecule has 2 N–H and O–H groups in total. The molecule has 0 aromatic carbocycles. The largest absolute Gasteiger partial charge is 0.356 e. The van der Waals surface area contributed by atoms with Gasteiger partial charge in [-0.05, 0) is 41.3 Å². The normalized spacial score (nSPS) is 16.2. The van der Waals surface area contributed by atoms with Crippen LogP contribution in [-0.4, -0.2) is 41.3 Å². The summed E-state index contributed by atoms with van der Waals surface area (Å²) < 4.78 is 0.870. The number of halogens is 1. The molecular weight excluding hydrogens is 322 g/mol. The van der Waals surface area contributed by atoms with Gasteiger partial charge in [0.2, 0.25) is 5.91 Å². The summed E-state index contributed by atoms with van der Waals surface area (Å²) in [5.74, 6) is 0.172. The van der Waals surface area contributed by atoms with Crippen molar-refractivity contribution in [3.63, 3.8) is 0 Å². The van der Waals surface area contributed by atoms with Crippen molar-refractivity contribution in [1.29, 1.82) is 0 Å².